The summed E-state index contributed by atoms with van der Waals surface area (Å²) in [6.45, 7) is 1.23. The summed E-state index contributed by atoms with van der Waals surface area (Å²) in [6, 6.07) is 9.96. The topological polar surface area (TPSA) is 54.5 Å². The summed E-state index contributed by atoms with van der Waals surface area (Å²) >= 11 is 0. The largest absolute Gasteiger partial charge is 0.496 e. The van der Waals surface area contributed by atoms with E-state index in [-0.39, 0.29) is 11.9 Å². The Morgan fingerprint density at radius 3 is 2.76 bits per heavy atom. The number of methoxy groups -OCH3 is 1. The highest BCUT2D eigenvalue weighted by molar-refractivity contribution is 5.76. The Morgan fingerprint density at radius 2 is 2.07 bits per heavy atom. The molecule has 29 heavy (non-hydrogen) atoms. The number of aryl methyl sites for hydroxylation is 1. The van der Waals surface area contributed by atoms with Gasteiger partial charge in [0.2, 0.25) is 5.91 Å². The molecule has 1 atom stereocenters. The van der Waals surface area contributed by atoms with Crippen LogP contribution in [0.15, 0.2) is 42.6 Å². The molecule has 2 aromatic rings. The molecule has 0 unspecified atom stereocenters. The number of rotatable bonds is 6. The number of anilines is 1. The number of benzene rings is 1. The summed E-state index contributed by atoms with van der Waals surface area (Å²) in [4.78, 5) is 18.2. The molecular formula is C21H24F3N3O2. The molecule has 0 bridgehead atoms. The molecule has 0 saturated carbocycles. The van der Waals surface area contributed by atoms with E-state index in [2.05, 4.69) is 10.3 Å². The van der Waals surface area contributed by atoms with E-state index >= 15 is 0 Å². The molecule has 1 fully saturated rings. The number of nitrogens with zero attached hydrogens (tertiary/aromatic N) is 2. The number of ether oxygens (including phenoxy) is 1. The third-order valence-electron chi connectivity index (χ3n) is 5.00. The summed E-state index contributed by atoms with van der Waals surface area (Å²) in [6.07, 6.45) is -0.962. The quantitative estimate of drug-likeness (QED) is 0.791. The Labute approximate surface area is 167 Å². The maximum atomic E-state index is 12.7. The molecule has 0 aliphatic carbocycles. The number of halogens is 3. The molecule has 1 aliphatic rings. The first kappa shape index (κ1) is 21.0. The first-order valence-electron chi connectivity index (χ1n) is 9.56. The number of nitrogens with one attached hydrogen (secondary N) is 1. The lowest BCUT2D eigenvalue weighted by Gasteiger charge is -2.34. The monoisotopic (exact) mass is 407 g/mol. The van der Waals surface area contributed by atoms with Crippen LogP contribution in [0.2, 0.25) is 0 Å². The molecule has 1 aliphatic heterocycles. The normalized spacial score (nSPS) is 17.1. The molecule has 0 radical (unpaired) electrons. The predicted molar refractivity (Wildman–Crippen MR) is 104 cm³/mol. The minimum Gasteiger partial charge on any atom is -0.496 e. The molecule has 1 aromatic carbocycles. The van der Waals surface area contributed by atoms with Crippen LogP contribution in [0.5, 0.6) is 5.75 Å². The Balaban J connectivity index is 1.53. The zero-order chi connectivity index (χ0) is 20.9. The SMILES string of the molecule is COc1ccccc1CCC(=O)N[C@H]1CCCN(c2ccc(C(F)(F)F)cn2)C1. The summed E-state index contributed by atoms with van der Waals surface area (Å²) < 4.78 is 43.4. The standard InChI is InChI=1S/C21H24F3N3O2/c1-29-18-7-3-2-5-15(18)8-11-20(28)26-17-6-4-12-27(14-17)19-10-9-16(13-25-19)21(22,23)24/h2-3,5,7,9-10,13,17H,4,6,8,11-12,14H2,1H3,(H,26,28)/t17-/m0/s1. The lowest BCUT2D eigenvalue weighted by atomic mass is 10.0. The van der Waals surface area contributed by atoms with E-state index < -0.39 is 11.7 Å². The van der Waals surface area contributed by atoms with Gasteiger partial charge < -0.3 is 15.0 Å². The van der Waals surface area contributed by atoms with E-state index in [9.17, 15) is 18.0 Å². The highest BCUT2D eigenvalue weighted by Gasteiger charge is 2.31. The van der Waals surface area contributed by atoms with Crippen LogP contribution in [0.4, 0.5) is 19.0 Å². The molecule has 1 amide bonds. The number of para-hydroxylation sites is 1. The van der Waals surface area contributed by atoms with E-state index in [1.54, 1.807) is 7.11 Å². The minimum absolute atomic E-state index is 0.0527. The highest BCUT2D eigenvalue weighted by atomic mass is 19.4. The fraction of sp³-hybridized carbons (Fsp3) is 0.429. The van der Waals surface area contributed by atoms with Crippen molar-refractivity contribution in [2.45, 2.75) is 37.9 Å². The third-order valence-corrected chi connectivity index (χ3v) is 5.00. The maximum absolute atomic E-state index is 12.7. The molecule has 1 aromatic heterocycles. The van der Waals surface area contributed by atoms with Crippen LogP contribution in [-0.2, 0) is 17.4 Å². The Hall–Kier alpha value is -2.77. The molecular weight excluding hydrogens is 383 g/mol. The predicted octanol–water partition coefficient (Wildman–Crippen LogP) is 3.83. The number of pyridine rings is 1. The smallest absolute Gasteiger partial charge is 0.417 e. The number of aromatic nitrogens is 1. The number of alkyl halides is 3. The van der Waals surface area contributed by atoms with Gasteiger partial charge in [-0.3, -0.25) is 4.79 Å². The van der Waals surface area contributed by atoms with Gasteiger partial charge in [-0.2, -0.15) is 13.2 Å². The van der Waals surface area contributed by atoms with Crippen LogP contribution in [0.1, 0.15) is 30.4 Å². The van der Waals surface area contributed by atoms with E-state index in [1.807, 2.05) is 29.2 Å². The van der Waals surface area contributed by atoms with Crippen molar-refractivity contribution in [2.24, 2.45) is 0 Å². The maximum Gasteiger partial charge on any atom is 0.417 e. The van der Waals surface area contributed by atoms with Gasteiger partial charge in [0.25, 0.3) is 0 Å². The lowest BCUT2D eigenvalue weighted by molar-refractivity contribution is -0.137. The van der Waals surface area contributed by atoms with Crippen molar-refractivity contribution in [3.8, 4) is 5.75 Å². The summed E-state index contributed by atoms with van der Waals surface area (Å²) in [5.41, 5.74) is 0.212. The molecule has 156 valence electrons. The van der Waals surface area contributed by atoms with Crippen LogP contribution in [0.25, 0.3) is 0 Å². The first-order valence-corrected chi connectivity index (χ1v) is 9.56. The van der Waals surface area contributed by atoms with Gasteiger partial charge in [0, 0.05) is 31.7 Å². The molecule has 8 heteroatoms. The second kappa shape index (κ2) is 9.15. The zero-order valence-corrected chi connectivity index (χ0v) is 16.2. The van der Waals surface area contributed by atoms with Crippen LogP contribution >= 0.6 is 0 Å². The summed E-state index contributed by atoms with van der Waals surface area (Å²) in [5, 5.41) is 3.03. The average molecular weight is 407 g/mol. The number of carbonyl (C=O) groups is 1. The van der Waals surface area contributed by atoms with Crippen molar-refractivity contribution in [3.63, 3.8) is 0 Å². The minimum atomic E-state index is -4.40. The molecule has 0 spiro atoms. The van der Waals surface area contributed by atoms with Gasteiger partial charge in [0.05, 0.1) is 12.7 Å². The Bertz CT molecular complexity index is 825. The third kappa shape index (κ3) is 5.62. The second-order valence-corrected chi connectivity index (χ2v) is 7.07. The van der Waals surface area contributed by atoms with Crippen molar-refractivity contribution in [1.82, 2.24) is 10.3 Å². The number of piperidine rings is 1. The molecule has 3 rings (SSSR count). The van der Waals surface area contributed by atoms with Gasteiger partial charge in [-0.1, -0.05) is 18.2 Å². The second-order valence-electron chi connectivity index (χ2n) is 7.07. The fourth-order valence-corrected chi connectivity index (χ4v) is 3.50. The summed E-state index contributed by atoms with van der Waals surface area (Å²) in [7, 11) is 1.60. The highest BCUT2D eigenvalue weighted by Crippen LogP contribution is 2.29. The van der Waals surface area contributed by atoms with Gasteiger partial charge in [-0.15, -0.1) is 0 Å². The zero-order valence-electron chi connectivity index (χ0n) is 16.2. The number of carbonyl (C=O) groups excluding carboxylic acids is 1. The van der Waals surface area contributed by atoms with Crippen molar-refractivity contribution >= 4 is 11.7 Å². The Morgan fingerprint density at radius 1 is 1.28 bits per heavy atom. The van der Waals surface area contributed by atoms with E-state index in [4.69, 9.17) is 4.74 Å². The molecule has 1 N–H and O–H groups in total. The van der Waals surface area contributed by atoms with Gasteiger partial charge in [0.1, 0.15) is 11.6 Å². The number of hydrogen-bond acceptors (Lipinski definition) is 4. The summed E-state index contributed by atoms with van der Waals surface area (Å²) in [5.74, 6) is 1.20. The van der Waals surface area contributed by atoms with Gasteiger partial charge in [-0.25, -0.2) is 4.98 Å². The van der Waals surface area contributed by atoms with Gasteiger partial charge in [0.15, 0.2) is 0 Å². The Kier molecular flexibility index (Phi) is 6.61. The van der Waals surface area contributed by atoms with Crippen LogP contribution in [-0.4, -0.2) is 37.1 Å². The van der Waals surface area contributed by atoms with Crippen molar-refractivity contribution in [3.05, 3.63) is 53.7 Å². The van der Waals surface area contributed by atoms with E-state index in [1.165, 1.54) is 6.07 Å². The molecule has 1 saturated heterocycles. The van der Waals surface area contributed by atoms with E-state index in [0.29, 0.717) is 31.7 Å². The first-order chi connectivity index (χ1) is 13.9. The van der Waals surface area contributed by atoms with Gasteiger partial charge >= 0.3 is 6.18 Å². The van der Waals surface area contributed by atoms with Crippen molar-refractivity contribution in [2.75, 3.05) is 25.1 Å². The number of hydrogen-bond donors (Lipinski definition) is 1. The van der Waals surface area contributed by atoms with Gasteiger partial charge in [-0.05, 0) is 43.0 Å². The fourth-order valence-electron chi connectivity index (χ4n) is 3.50. The van der Waals surface area contributed by atoms with Crippen LogP contribution in [0, 0.1) is 0 Å². The van der Waals surface area contributed by atoms with E-state index in [0.717, 1.165) is 36.4 Å². The van der Waals surface area contributed by atoms with Crippen molar-refractivity contribution in [1.29, 1.82) is 0 Å². The van der Waals surface area contributed by atoms with Crippen LogP contribution in [0.3, 0.4) is 0 Å². The number of amides is 1. The van der Waals surface area contributed by atoms with Crippen molar-refractivity contribution < 1.29 is 22.7 Å². The lowest BCUT2D eigenvalue weighted by Crippen LogP contribution is -2.48. The average Bonchev–Trinajstić information content (AvgIpc) is 2.72. The van der Waals surface area contributed by atoms with Crippen LogP contribution < -0.4 is 15.0 Å². The molecule has 2 heterocycles. The molecule has 5 nitrogen and oxygen atoms in total.